The lowest BCUT2D eigenvalue weighted by atomic mass is 9.81. The molecule has 1 saturated carbocycles. The zero-order valence-electron chi connectivity index (χ0n) is 21.7. The van der Waals surface area contributed by atoms with Gasteiger partial charge in [0.2, 0.25) is 0 Å². The van der Waals surface area contributed by atoms with Crippen LogP contribution in [0.3, 0.4) is 0 Å². The first-order chi connectivity index (χ1) is 17.9. The summed E-state index contributed by atoms with van der Waals surface area (Å²) in [5, 5.41) is 12.2. The zero-order chi connectivity index (χ0) is 26.2. The molecule has 3 aromatic rings. The van der Waals surface area contributed by atoms with Gasteiger partial charge in [0.05, 0.1) is 0 Å². The summed E-state index contributed by atoms with van der Waals surface area (Å²) >= 11 is 0. The van der Waals surface area contributed by atoms with Crippen molar-refractivity contribution in [1.29, 1.82) is 0 Å². The standard InChI is InChI=1S/C32H38N2O3/c1-22-7-6-10-28(19-22)24-15-17-26(18-16-24)29(25-8-4-2-3-5-9-25)21-34-31(35)27-13-11-23(12-14-27)20-30(33)32(36)37/h6-7,10-19,25,29-30H,2-5,8-9,20-21,33H2,1H3,(H,34,35)(H,36,37)/t29-,30-/m1/s1. The molecule has 1 fully saturated rings. The van der Waals surface area contributed by atoms with Crippen LogP contribution in [0.1, 0.15) is 71.5 Å². The highest BCUT2D eigenvalue weighted by Gasteiger charge is 2.25. The predicted octanol–water partition coefficient (Wildman–Crippen LogP) is 6.10. The molecule has 4 rings (SSSR count). The Balaban J connectivity index is 1.47. The number of amides is 1. The van der Waals surface area contributed by atoms with E-state index in [-0.39, 0.29) is 18.2 Å². The predicted molar refractivity (Wildman–Crippen MR) is 149 cm³/mol. The maximum atomic E-state index is 13.0. The van der Waals surface area contributed by atoms with E-state index < -0.39 is 12.0 Å². The van der Waals surface area contributed by atoms with Crippen molar-refractivity contribution in [3.8, 4) is 11.1 Å². The third-order valence-corrected chi connectivity index (χ3v) is 7.63. The topological polar surface area (TPSA) is 92.4 Å². The van der Waals surface area contributed by atoms with E-state index in [4.69, 9.17) is 10.8 Å². The number of benzene rings is 3. The van der Waals surface area contributed by atoms with Gasteiger partial charge in [0.25, 0.3) is 5.91 Å². The normalized spacial score (nSPS) is 15.9. The highest BCUT2D eigenvalue weighted by Crippen LogP contribution is 2.36. The maximum absolute atomic E-state index is 13.0. The summed E-state index contributed by atoms with van der Waals surface area (Å²) in [7, 11) is 0. The minimum absolute atomic E-state index is 0.107. The first-order valence-corrected chi connectivity index (χ1v) is 13.4. The molecular weight excluding hydrogens is 460 g/mol. The summed E-state index contributed by atoms with van der Waals surface area (Å²) in [6.07, 6.45) is 7.70. The molecule has 0 heterocycles. The van der Waals surface area contributed by atoms with Gasteiger partial charge in [-0.25, -0.2) is 0 Å². The largest absolute Gasteiger partial charge is 0.480 e. The van der Waals surface area contributed by atoms with E-state index in [1.54, 1.807) is 24.3 Å². The number of carbonyl (C=O) groups is 2. The van der Waals surface area contributed by atoms with Gasteiger partial charge >= 0.3 is 5.97 Å². The summed E-state index contributed by atoms with van der Waals surface area (Å²) < 4.78 is 0. The lowest BCUT2D eigenvalue weighted by molar-refractivity contribution is -0.138. The highest BCUT2D eigenvalue weighted by molar-refractivity contribution is 5.94. The van der Waals surface area contributed by atoms with Crippen molar-refractivity contribution in [1.82, 2.24) is 5.32 Å². The van der Waals surface area contributed by atoms with Crippen LogP contribution < -0.4 is 11.1 Å². The van der Waals surface area contributed by atoms with Crippen molar-refractivity contribution in [2.45, 2.75) is 63.8 Å². The fourth-order valence-corrected chi connectivity index (χ4v) is 5.46. The summed E-state index contributed by atoms with van der Waals surface area (Å²) in [6, 6.07) is 23.5. The lowest BCUT2D eigenvalue weighted by Gasteiger charge is -2.27. The number of nitrogens with two attached hydrogens (primary N) is 1. The lowest BCUT2D eigenvalue weighted by Crippen LogP contribution is -2.32. The minimum atomic E-state index is -1.03. The molecule has 2 atom stereocenters. The van der Waals surface area contributed by atoms with Gasteiger partial charge < -0.3 is 16.2 Å². The van der Waals surface area contributed by atoms with E-state index >= 15 is 0 Å². The van der Waals surface area contributed by atoms with E-state index in [0.29, 0.717) is 18.0 Å². The number of aliphatic carboxylic acids is 1. The van der Waals surface area contributed by atoms with Gasteiger partial charge in [0.1, 0.15) is 6.04 Å². The molecule has 0 bridgehead atoms. The molecule has 5 heteroatoms. The first-order valence-electron chi connectivity index (χ1n) is 13.4. The number of hydrogen-bond donors (Lipinski definition) is 3. The third-order valence-electron chi connectivity index (χ3n) is 7.63. The van der Waals surface area contributed by atoms with Gasteiger partial charge in [-0.2, -0.15) is 0 Å². The van der Waals surface area contributed by atoms with Crippen LogP contribution in [0.4, 0.5) is 0 Å². The average Bonchev–Trinajstić information content (AvgIpc) is 3.19. The smallest absolute Gasteiger partial charge is 0.320 e. The van der Waals surface area contributed by atoms with Gasteiger partial charge in [0.15, 0.2) is 0 Å². The summed E-state index contributed by atoms with van der Waals surface area (Å²) in [6.45, 7) is 2.71. The van der Waals surface area contributed by atoms with E-state index in [2.05, 4.69) is 60.8 Å². The fourth-order valence-electron chi connectivity index (χ4n) is 5.46. The van der Waals surface area contributed by atoms with Crippen LogP contribution >= 0.6 is 0 Å². The summed E-state index contributed by atoms with van der Waals surface area (Å²) in [5.41, 5.74) is 12.0. The summed E-state index contributed by atoms with van der Waals surface area (Å²) in [5.74, 6) is -0.323. The Kier molecular flexibility index (Phi) is 9.13. The van der Waals surface area contributed by atoms with Crippen molar-refractivity contribution in [3.63, 3.8) is 0 Å². The quantitative estimate of drug-likeness (QED) is 0.311. The van der Waals surface area contributed by atoms with Crippen LogP contribution in [0, 0.1) is 12.8 Å². The van der Waals surface area contributed by atoms with E-state index in [0.717, 1.165) is 5.56 Å². The maximum Gasteiger partial charge on any atom is 0.320 e. The second-order valence-electron chi connectivity index (χ2n) is 10.4. The molecule has 0 saturated heterocycles. The van der Waals surface area contributed by atoms with Gasteiger partial charge in [-0.1, -0.05) is 91.9 Å². The highest BCUT2D eigenvalue weighted by atomic mass is 16.4. The minimum Gasteiger partial charge on any atom is -0.480 e. The molecule has 4 N–H and O–H groups in total. The number of carbonyl (C=O) groups excluding carboxylic acids is 1. The van der Waals surface area contributed by atoms with Crippen LogP contribution in [0.2, 0.25) is 0 Å². The van der Waals surface area contributed by atoms with Crippen molar-refractivity contribution >= 4 is 11.9 Å². The van der Waals surface area contributed by atoms with Crippen LogP contribution in [0.25, 0.3) is 11.1 Å². The Morgan fingerprint density at radius 3 is 2.22 bits per heavy atom. The number of carboxylic acids is 1. The molecule has 1 aliphatic rings. The number of nitrogens with one attached hydrogen (secondary N) is 1. The number of carboxylic acid groups (broad SMARTS) is 1. The van der Waals surface area contributed by atoms with Crippen LogP contribution in [0.5, 0.6) is 0 Å². The molecule has 0 aliphatic heterocycles. The van der Waals surface area contributed by atoms with Gasteiger partial charge in [-0.05, 0) is 66.5 Å². The Labute approximate surface area is 220 Å². The molecule has 5 nitrogen and oxygen atoms in total. The molecule has 37 heavy (non-hydrogen) atoms. The van der Waals surface area contributed by atoms with Crippen molar-refractivity contribution in [2.24, 2.45) is 11.7 Å². The summed E-state index contributed by atoms with van der Waals surface area (Å²) in [4.78, 5) is 24.0. The second-order valence-corrected chi connectivity index (χ2v) is 10.4. The van der Waals surface area contributed by atoms with Crippen LogP contribution in [0.15, 0.2) is 72.8 Å². The van der Waals surface area contributed by atoms with Crippen molar-refractivity contribution in [2.75, 3.05) is 6.54 Å². The number of hydrogen-bond acceptors (Lipinski definition) is 3. The molecule has 1 aliphatic carbocycles. The van der Waals surface area contributed by atoms with Gasteiger partial charge in [-0.15, -0.1) is 0 Å². The molecule has 0 spiro atoms. The van der Waals surface area contributed by atoms with E-state index in [1.807, 2.05) is 0 Å². The second kappa shape index (κ2) is 12.7. The average molecular weight is 499 g/mol. The Morgan fingerprint density at radius 2 is 1.59 bits per heavy atom. The Hall–Kier alpha value is -3.44. The molecular formula is C32H38N2O3. The molecule has 0 unspecified atom stereocenters. The Bertz CT molecular complexity index is 1180. The van der Waals surface area contributed by atoms with Crippen molar-refractivity contribution < 1.29 is 14.7 Å². The van der Waals surface area contributed by atoms with E-state index in [1.165, 1.54) is 60.8 Å². The molecule has 194 valence electrons. The fraction of sp³-hybridized carbons (Fsp3) is 0.375. The van der Waals surface area contributed by atoms with Gasteiger partial charge in [-0.3, -0.25) is 9.59 Å². The van der Waals surface area contributed by atoms with Crippen LogP contribution in [-0.2, 0) is 11.2 Å². The molecule has 0 radical (unpaired) electrons. The third kappa shape index (κ3) is 7.30. The zero-order valence-corrected chi connectivity index (χ0v) is 21.7. The SMILES string of the molecule is Cc1cccc(-c2ccc([C@H](CNC(=O)c3ccc(C[C@@H](N)C(=O)O)cc3)C3CCCCCC3)cc2)c1. The number of rotatable bonds is 9. The molecule has 3 aromatic carbocycles. The molecule has 0 aromatic heterocycles. The van der Waals surface area contributed by atoms with Gasteiger partial charge in [0, 0.05) is 18.0 Å². The van der Waals surface area contributed by atoms with Crippen molar-refractivity contribution in [3.05, 3.63) is 95.1 Å². The number of aryl methyl sites for hydroxylation is 1. The Morgan fingerprint density at radius 1 is 0.919 bits per heavy atom. The molecule has 1 amide bonds. The van der Waals surface area contributed by atoms with Crippen LogP contribution in [-0.4, -0.2) is 29.6 Å². The monoisotopic (exact) mass is 498 g/mol. The first kappa shape index (κ1) is 26.6. The van der Waals surface area contributed by atoms with E-state index in [9.17, 15) is 9.59 Å².